The van der Waals surface area contributed by atoms with Crippen LogP contribution in [0.2, 0.25) is 0 Å². The molecule has 1 aromatic carbocycles. The maximum Gasteiger partial charge on any atom is 0.323 e. The van der Waals surface area contributed by atoms with E-state index in [1.54, 1.807) is 11.3 Å². The molecule has 1 atom stereocenters. The lowest BCUT2D eigenvalue weighted by Gasteiger charge is -2.33. The van der Waals surface area contributed by atoms with Crippen molar-refractivity contribution in [3.8, 4) is 16.5 Å². The largest absolute Gasteiger partial charge is 0.487 e. The first-order valence-corrected chi connectivity index (χ1v) is 11.1. The van der Waals surface area contributed by atoms with Crippen LogP contribution in [0.4, 0.5) is 0 Å². The number of aromatic nitrogens is 1. The maximum absolute atomic E-state index is 12.0. The second kappa shape index (κ2) is 9.45. The number of carbonyl (C=O) groups is 1. The maximum atomic E-state index is 12.0. The molecule has 0 N–H and O–H groups in total. The van der Waals surface area contributed by atoms with Crippen LogP contribution in [0.25, 0.3) is 10.8 Å². The Balaban J connectivity index is 1.35. The summed E-state index contributed by atoms with van der Waals surface area (Å²) in [5.41, 5.74) is 1.95. The second-order valence-corrected chi connectivity index (χ2v) is 8.38. The van der Waals surface area contributed by atoms with E-state index in [0.717, 1.165) is 60.0 Å². The van der Waals surface area contributed by atoms with Gasteiger partial charge in [-0.2, -0.15) is 0 Å². The minimum absolute atomic E-state index is 0.139. The van der Waals surface area contributed by atoms with Crippen molar-refractivity contribution >= 4 is 17.3 Å². The Hall–Kier alpha value is -2.64. The number of esters is 1. The highest BCUT2D eigenvalue weighted by molar-refractivity contribution is 7.13. The Labute approximate surface area is 180 Å². The van der Waals surface area contributed by atoms with E-state index in [4.69, 9.17) is 13.9 Å². The van der Waals surface area contributed by atoms with E-state index in [9.17, 15) is 4.79 Å². The quantitative estimate of drug-likeness (QED) is 0.505. The third kappa shape index (κ3) is 4.74. The minimum Gasteiger partial charge on any atom is -0.487 e. The van der Waals surface area contributed by atoms with Crippen LogP contribution >= 0.6 is 11.3 Å². The third-order valence-corrected chi connectivity index (χ3v) is 6.25. The SMILES string of the molecule is COC(=O)[C@H]1CCCCN1Cc1ccc(OCc2nc(-c3cccs3)oc2C)cc1. The second-order valence-electron chi connectivity index (χ2n) is 7.44. The van der Waals surface area contributed by atoms with Crippen LogP contribution in [0.15, 0.2) is 46.2 Å². The van der Waals surface area contributed by atoms with Crippen molar-refractivity contribution in [1.82, 2.24) is 9.88 Å². The molecular formula is C23H26N2O4S. The number of methoxy groups -OCH3 is 1. The molecule has 7 heteroatoms. The van der Waals surface area contributed by atoms with E-state index >= 15 is 0 Å². The van der Waals surface area contributed by atoms with E-state index in [0.29, 0.717) is 12.5 Å². The minimum atomic E-state index is -0.146. The average Bonchev–Trinajstić information content (AvgIpc) is 3.43. The highest BCUT2D eigenvalue weighted by atomic mass is 32.1. The van der Waals surface area contributed by atoms with E-state index in [2.05, 4.69) is 9.88 Å². The molecule has 0 amide bonds. The van der Waals surface area contributed by atoms with E-state index in [1.807, 2.05) is 48.7 Å². The lowest BCUT2D eigenvalue weighted by molar-refractivity contribution is -0.148. The molecule has 3 heterocycles. The van der Waals surface area contributed by atoms with Crippen LogP contribution in [-0.2, 0) is 22.7 Å². The number of thiophene rings is 1. The average molecular weight is 427 g/mol. The van der Waals surface area contributed by atoms with Crippen molar-refractivity contribution in [2.75, 3.05) is 13.7 Å². The predicted octanol–water partition coefficient (Wildman–Crippen LogP) is 4.82. The molecule has 1 saturated heterocycles. The molecule has 30 heavy (non-hydrogen) atoms. The van der Waals surface area contributed by atoms with Crippen LogP contribution in [0.1, 0.15) is 36.3 Å². The standard InChI is InChI=1S/C23H26N2O4S/c1-16-19(24-22(29-16)21-7-5-13-30-21)15-28-18-10-8-17(9-11-18)14-25-12-4-3-6-20(25)23(26)27-2/h5,7-11,13,20H,3-4,6,12,14-15H2,1-2H3/t20-/m1/s1. The van der Waals surface area contributed by atoms with Crippen molar-refractivity contribution in [2.24, 2.45) is 0 Å². The number of carbonyl (C=O) groups excluding carboxylic acids is 1. The fourth-order valence-corrected chi connectivity index (χ4v) is 4.38. The number of benzene rings is 1. The van der Waals surface area contributed by atoms with Crippen LogP contribution in [0, 0.1) is 6.92 Å². The summed E-state index contributed by atoms with van der Waals surface area (Å²) in [6.45, 7) is 3.90. The Kier molecular flexibility index (Phi) is 6.50. The van der Waals surface area contributed by atoms with Gasteiger partial charge in [0.05, 0.1) is 12.0 Å². The molecule has 158 valence electrons. The summed E-state index contributed by atoms with van der Waals surface area (Å²) in [5.74, 6) is 2.05. The molecule has 1 aliphatic heterocycles. The lowest BCUT2D eigenvalue weighted by atomic mass is 10.0. The van der Waals surface area contributed by atoms with Gasteiger partial charge in [0.15, 0.2) is 0 Å². The first kappa shape index (κ1) is 20.6. The van der Waals surface area contributed by atoms with Crippen LogP contribution in [0.5, 0.6) is 5.75 Å². The number of hydrogen-bond donors (Lipinski definition) is 0. The Morgan fingerprint density at radius 1 is 1.27 bits per heavy atom. The molecule has 1 aliphatic rings. The summed E-state index contributed by atoms with van der Waals surface area (Å²) in [5, 5.41) is 2.00. The molecular weight excluding hydrogens is 400 g/mol. The van der Waals surface area contributed by atoms with Gasteiger partial charge in [-0.05, 0) is 55.5 Å². The van der Waals surface area contributed by atoms with E-state index in [1.165, 1.54) is 7.11 Å². The summed E-state index contributed by atoms with van der Waals surface area (Å²) in [6.07, 6.45) is 3.04. The van der Waals surface area contributed by atoms with Gasteiger partial charge in [-0.25, -0.2) is 4.98 Å². The summed E-state index contributed by atoms with van der Waals surface area (Å²) >= 11 is 1.60. The Bertz CT molecular complexity index is 966. The van der Waals surface area contributed by atoms with Crippen molar-refractivity contribution in [1.29, 1.82) is 0 Å². The molecule has 0 spiro atoms. The van der Waals surface area contributed by atoms with Crippen LogP contribution < -0.4 is 4.74 Å². The number of ether oxygens (including phenoxy) is 2. The Morgan fingerprint density at radius 2 is 2.10 bits per heavy atom. The number of aryl methyl sites for hydroxylation is 1. The van der Waals surface area contributed by atoms with Gasteiger partial charge in [0, 0.05) is 6.54 Å². The number of likely N-dealkylation sites (tertiary alicyclic amines) is 1. The van der Waals surface area contributed by atoms with Crippen molar-refractivity contribution in [3.05, 3.63) is 58.8 Å². The molecule has 0 bridgehead atoms. The highest BCUT2D eigenvalue weighted by Gasteiger charge is 2.29. The van der Waals surface area contributed by atoms with E-state index in [-0.39, 0.29) is 12.0 Å². The van der Waals surface area contributed by atoms with Crippen molar-refractivity contribution in [2.45, 2.75) is 45.4 Å². The van der Waals surface area contributed by atoms with E-state index < -0.39 is 0 Å². The van der Waals surface area contributed by atoms with Gasteiger partial charge < -0.3 is 13.9 Å². The number of rotatable bonds is 7. The van der Waals surface area contributed by atoms with Gasteiger partial charge in [0.25, 0.3) is 0 Å². The van der Waals surface area contributed by atoms with Gasteiger partial charge in [-0.1, -0.05) is 24.6 Å². The molecule has 0 aliphatic carbocycles. The fourth-order valence-electron chi connectivity index (χ4n) is 3.73. The number of oxazole rings is 1. The predicted molar refractivity (Wildman–Crippen MR) is 115 cm³/mol. The smallest absolute Gasteiger partial charge is 0.323 e. The molecule has 6 nitrogen and oxygen atoms in total. The van der Waals surface area contributed by atoms with Crippen LogP contribution in [-0.4, -0.2) is 35.5 Å². The van der Waals surface area contributed by atoms with Crippen molar-refractivity contribution in [3.63, 3.8) is 0 Å². The number of hydrogen-bond acceptors (Lipinski definition) is 7. The van der Waals surface area contributed by atoms with Crippen LogP contribution in [0.3, 0.4) is 0 Å². The number of nitrogens with zero attached hydrogens (tertiary/aromatic N) is 2. The first-order chi connectivity index (χ1) is 14.6. The highest BCUT2D eigenvalue weighted by Crippen LogP contribution is 2.27. The normalized spacial score (nSPS) is 17.1. The first-order valence-electron chi connectivity index (χ1n) is 10.2. The van der Waals surface area contributed by atoms with Gasteiger partial charge >= 0.3 is 5.97 Å². The molecule has 1 fully saturated rings. The zero-order valence-electron chi connectivity index (χ0n) is 17.3. The fraction of sp³-hybridized carbons (Fsp3) is 0.391. The zero-order valence-corrected chi connectivity index (χ0v) is 18.1. The van der Waals surface area contributed by atoms with Gasteiger partial charge in [0.1, 0.15) is 29.9 Å². The molecule has 2 aromatic heterocycles. The van der Waals surface area contributed by atoms with Gasteiger partial charge in [0.2, 0.25) is 5.89 Å². The monoisotopic (exact) mass is 426 g/mol. The molecule has 0 unspecified atom stereocenters. The number of piperidine rings is 1. The molecule has 4 rings (SSSR count). The topological polar surface area (TPSA) is 64.8 Å². The lowest BCUT2D eigenvalue weighted by Crippen LogP contribution is -2.44. The Morgan fingerprint density at radius 3 is 2.83 bits per heavy atom. The summed E-state index contributed by atoms with van der Waals surface area (Å²) in [7, 11) is 1.46. The third-order valence-electron chi connectivity index (χ3n) is 5.40. The van der Waals surface area contributed by atoms with Gasteiger partial charge in [-0.3, -0.25) is 9.69 Å². The zero-order chi connectivity index (χ0) is 20.9. The summed E-state index contributed by atoms with van der Waals surface area (Å²) in [6, 6.07) is 11.8. The van der Waals surface area contributed by atoms with Crippen molar-refractivity contribution < 1.29 is 18.7 Å². The summed E-state index contributed by atoms with van der Waals surface area (Å²) < 4.78 is 16.7. The molecule has 0 radical (unpaired) electrons. The summed E-state index contributed by atoms with van der Waals surface area (Å²) in [4.78, 5) is 19.8. The van der Waals surface area contributed by atoms with Gasteiger partial charge in [-0.15, -0.1) is 11.3 Å². The molecule has 3 aromatic rings. The molecule has 0 saturated carbocycles.